The van der Waals surface area contributed by atoms with E-state index in [0.717, 1.165) is 30.8 Å². The zero-order valence-corrected chi connectivity index (χ0v) is 20.3. The first-order chi connectivity index (χ1) is 16.6. The highest BCUT2D eigenvalue weighted by molar-refractivity contribution is 7.17. The summed E-state index contributed by atoms with van der Waals surface area (Å²) in [6.45, 7) is 1.66. The molecule has 0 spiro atoms. The van der Waals surface area contributed by atoms with E-state index in [1.165, 1.54) is 50.6 Å². The molecule has 0 bridgehead atoms. The molecule has 0 saturated carbocycles. The van der Waals surface area contributed by atoms with Crippen LogP contribution < -0.4 is 4.90 Å². The second-order valence-corrected chi connectivity index (χ2v) is 9.67. The second-order valence-electron chi connectivity index (χ2n) is 8.62. The summed E-state index contributed by atoms with van der Waals surface area (Å²) in [4.78, 5) is 22.2. The first-order valence-electron chi connectivity index (χ1n) is 11.5. The summed E-state index contributed by atoms with van der Waals surface area (Å²) in [5.41, 5.74) is 7.59. The molecule has 0 fully saturated rings. The first-order valence-corrected chi connectivity index (χ1v) is 12.3. The molecule has 1 heterocycles. The molecule has 3 aromatic carbocycles. The van der Waals surface area contributed by atoms with Gasteiger partial charge in [-0.3, -0.25) is 9.63 Å². The molecule has 4 aromatic rings. The molecule has 0 atom stereocenters. The van der Waals surface area contributed by atoms with Crippen molar-refractivity contribution in [3.05, 3.63) is 112 Å². The van der Waals surface area contributed by atoms with Gasteiger partial charge in [-0.15, -0.1) is 11.3 Å². The van der Waals surface area contributed by atoms with Crippen LogP contribution in [0, 0.1) is 0 Å². The van der Waals surface area contributed by atoms with Crippen molar-refractivity contribution in [1.82, 2.24) is 5.06 Å². The van der Waals surface area contributed by atoms with Gasteiger partial charge in [0.15, 0.2) is 0 Å². The quantitative estimate of drug-likeness (QED) is 0.296. The molecule has 172 valence electrons. The Morgan fingerprint density at radius 1 is 0.853 bits per heavy atom. The van der Waals surface area contributed by atoms with Gasteiger partial charge >= 0.3 is 0 Å². The predicted octanol–water partition coefficient (Wildman–Crippen LogP) is 6.35. The maximum atomic E-state index is 12.7. The summed E-state index contributed by atoms with van der Waals surface area (Å²) in [5.74, 6) is -0.102. The zero-order valence-electron chi connectivity index (χ0n) is 19.5. The van der Waals surface area contributed by atoms with Crippen molar-refractivity contribution in [3.8, 4) is 10.4 Å². The molecule has 0 unspecified atom stereocenters. The number of nitrogens with zero attached hydrogens (tertiary/aromatic N) is 2. The van der Waals surface area contributed by atoms with E-state index in [4.69, 9.17) is 4.84 Å². The van der Waals surface area contributed by atoms with Crippen molar-refractivity contribution in [2.45, 2.75) is 25.9 Å². The van der Waals surface area contributed by atoms with E-state index in [2.05, 4.69) is 83.8 Å². The molecule has 4 nitrogen and oxygen atoms in total. The van der Waals surface area contributed by atoms with Gasteiger partial charge < -0.3 is 4.90 Å². The summed E-state index contributed by atoms with van der Waals surface area (Å²) < 4.78 is 0. The fourth-order valence-corrected chi connectivity index (χ4v) is 5.72. The van der Waals surface area contributed by atoms with Gasteiger partial charge in [-0.25, -0.2) is 5.06 Å². The van der Waals surface area contributed by atoms with E-state index in [1.807, 2.05) is 6.07 Å². The molecule has 0 radical (unpaired) electrons. The largest absolute Gasteiger partial charge is 0.363 e. The van der Waals surface area contributed by atoms with Crippen LogP contribution in [0.25, 0.3) is 10.4 Å². The number of anilines is 1. The van der Waals surface area contributed by atoms with E-state index < -0.39 is 0 Å². The van der Waals surface area contributed by atoms with Crippen molar-refractivity contribution in [2.75, 3.05) is 19.1 Å². The number of hydroxylamine groups is 2. The van der Waals surface area contributed by atoms with Gasteiger partial charge in [-0.1, -0.05) is 66.7 Å². The van der Waals surface area contributed by atoms with Crippen LogP contribution in [0.2, 0.25) is 0 Å². The van der Waals surface area contributed by atoms with Crippen molar-refractivity contribution < 1.29 is 9.63 Å². The van der Waals surface area contributed by atoms with Crippen LogP contribution in [0.4, 0.5) is 5.69 Å². The molecule has 1 aliphatic rings. The second kappa shape index (κ2) is 9.84. The third-order valence-electron chi connectivity index (χ3n) is 6.38. The van der Waals surface area contributed by atoms with Crippen LogP contribution in [0.1, 0.15) is 31.9 Å². The molecule has 1 aliphatic carbocycles. The Morgan fingerprint density at radius 3 is 2.09 bits per heavy atom. The Labute approximate surface area is 205 Å². The average Bonchev–Trinajstić information content (AvgIpc) is 3.33. The van der Waals surface area contributed by atoms with Gasteiger partial charge in [0.25, 0.3) is 5.91 Å². The van der Waals surface area contributed by atoms with Crippen LogP contribution in [0.5, 0.6) is 0 Å². The number of aryl methyl sites for hydroxylation is 2. The Balaban J connectivity index is 1.51. The van der Waals surface area contributed by atoms with Crippen molar-refractivity contribution in [1.29, 1.82) is 0 Å². The molecule has 5 heteroatoms. The lowest BCUT2D eigenvalue weighted by atomic mass is 9.91. The van der Waals surface area contributed by atoms with Crippen LogP contribution in [-0.2, 0) is 30.8 Å². The number of fused-ring (bicyclic) bond motifs is 3. The van der Waals surface area contributed by atoms with Crippen LogP contribution in [-0.4, -0.2) is 25.1 Å². The van der Waals surface area contributed by atoms with Gasteiger partial charge in [0.2, 0.25) is 0 Å². The van der Waals surface area contributed by atoms with Gasteiger partial charge in [0.1, 0.15) is 0 Å². The molecular formula is C29H28N2O2S. The van der Waals surface area contributed by atoms with Crippen LogP contribution in [0.15, 0.2) is 84.9 Å². The number of hydrogen-bond acceptors (Lipinski definition) is 4. The maximum Gasteiger partial charge on any atom is 0.287 e. The highest BCUT2D eigenvalue weighted by Crippen LogP contribution is 2.42. The van der Waals surface area contributed by atoms with E-state index in [1.54, 1.807) is 18.4 Å². The van der Waals surface area contributed by atoms with E-state index >= 15 is 0 Å². The smallest absolute Gasteiger partial charge is 0.287 e. The lowest BCUT2D eigenvalue weighted by molar-refractivity contribution is -0.0753. The molecule has 1 aromatic heterocycles. The fourth-order valence-electron chi connectivity index (χ4n) is 4.49. The Kier molecular flexibility index (Phi) is 6.48. The normalized spacial score (nSPS) is 12.1. The molecule has 0 aliphatic heterocycles. The number of benzene rings is 3. The molecule has 0 saturated heterocycles. The van der Waals surface area contributed by atoms with Gasteiger partial charge in [-0.05, 0) is 58.9 Å². The van der Waals surface area contributed by atoms with Gasteiger partial charge in [0.05, 0.1) is 12.0 Å². The molecule has 34 heavy (non-hydrogen) atoms. The van der Waals surface area contributed by atoms with Crippen molar-refractivity contribution in [3.63, 3.8) is 0 Å². The summed E-state index contributed by atoms with van der Waals surface area (Å²) in [7, 11) is 3.17. The average molecular weight is 469 g/mol. The van der Waals surface area contributed by atoms with E-state index in [-0.39, 0.29) is 5.91 Å². The Morgan fingerprint density at radius 2 is 1.47 bits per heavy atom. The number of carbonyl (C=O) groups is 1. The summed E-state index contributed by atoms with van der Waals surface area (Å²) in [6, 6.07) is 30.1. The third-order valence-corrected chi connectivity index (χ3v) is 7.58. The minimum atomic E-state index is -0.102. The zero-order chi connectivity index (χ0) is 23.5. The number of carbonyl (C=O) groups excluding carboxylic acids is 1. The monoisotopic (exact) mass is 468 g/mol. The third kappa shape index (κ3) is 4.63. The molecule has 5 rings (SSSR count). The van der Waals surface area contributed by atoms with Crippen molar-refractivity contribution >= 4 is 22.9 Å². The maximum absolute atomic E-state index is 12.7. The lowest BCUT2D eigenvalue weighted by Crippen LogP contribution is -2.24. The highest BCUT2D eigenvalue weighted by atomic mass is 32.1. The first kappa shape index (κ1) is 22.4. The molecule has 0 N–H and O–H groups in total. The summed E-state index contributed by atoms with van der Waals surface area (Å²) in [6.07, 6.45) is 1.95. The molecule has 1 amide bonds. The number of hydrogen-bond donors (Lipinski definition) is 0. The minimum absolute atomic E-state index is 0.102. The van der Waals surface area contributed by atoms with Crippen LogP contribution in [0.3, 0.4) is 0 Å². The topological polar surface area (TPSA) is 32.8 Å². The Hall–Kier alpha value is -3.41. The summed E-state index contributed by atoms with van der Waals surface area (Å²) >= 11 is 1.57. The Bertz CT molecular complexity index is 1240. The van der Waals surface area contributed by atoms with E-state index in [9.17, 15) is 4.79 Å². The predicted molar refractivity (Wildman–Crippen MR) is 139 cm³/mol. The van der Waals surface area contributed by atoms with Gasteiger partial charge in [0, 0.05) is 30.7 Å². The standard InChI is InChI=1S/C29H28N2O2S/c1-30(33-2)29(32)27-17-24-14-13-23-15-16-25(18-26(23)28(24)34-27)31(19-21-9-5-3-6-10-21)20-22-11-7-4-8-12-22/h3-12,15-18H,13-14,19-20H2,1-2H3. The van der Waals surface area contributed by atoms with Gasteiger partial charge in [-0.2, -0.15) is 0 Å². The molecular weight excluding hydrogens is 440 g/mol. The van der Waals surface area contributed by atoms with Crippen LogP contribution >= 0.6 is 11.3 Å². The van der Waals surface area contributed by atoms with Crippen molar-refractivity contribution in [2.24, 2.45) is 0 Å². The number of amides is 1. The summed E-state index contributed by atoms with van der Waals surface area (Å²) in [5, 5.41) is 1.29. The fraction of sp³-hybridized carbons (Fsp3) is 0.207. The number of thiophene rings is 1. The van der Waals surface area contributed by atoms with E-state index in [0.29, 0.717) is 0 Å². The number of rotatable bonds is 7. The minimum Gasteiger partial charge on any atom is -0.363 e. The highest BCUT2D eigenvalue weighted by Gasteiger charge is 2.24. The SMILES string of the molecule is CON(C)C(=O)c1cc2c(s1)-c1cc(N(Cc3ccccc3)Cc3ccccc3)ccc1CC2. The lowest BCUT2D eigenvalue weighted by Gasteiger charge is -2.27.